The zero-order chi connectivity index (χ0) is 19.2. The van der Waals surface area contributed by atoms with Crippen LogP contribution >= 0.6 is 46.3 Å². The number of benzene rings is 1. The Balaban J connectivity index is 1.47. The zero-order valence-electron chi connectivity index (χ0n) is 13.6. The Morgan fingerprint density at radius 3 is 2.74 bits per heavy atom. The van der Waals surface area contributed by atoms with E-state index < -0.39 is 0 Å². The van der Waals surface area contributed by atoms with Crippen molar-refractivity contribution in [1.82, 2.24) is 15.2 Å². The van der Waals surface area contributed by atoms with Gasteiger partial charge in [-0.1, -0.05) is 58.4 Å². The van der Waals surface area contributed by atoms with Crippen LogP contribution in [0.15, 0.2) is 40.9 Å². The fourth-order valence-corrected chi connectivity index (χ4v) is 3.90. The molecule has 0 aliphatic carbocycles. The summed E-state index contributed by atoms with van der Waals surface area (Å²) in [6, 6.07) is 7.69. The second-order valence-corrected chi connectivity index (χ2v) is 8.22. The van der Waals surface area contributed by atoms with Gasteiger partial charge in [0.1, 0.15) is 5.82 Å². The smallest absolute Gasteiger partial charge is 0.236 e. The van der Waals surface area contributed by atoms with Crippen molar-refractivity contribution in [3.63, 3.8) is 0 Å². The van der Waals surface area contributed by atoms with E-state index in [1.54, 1.807) is 12.1 Å². The first kappa shape index (κ1) is 19.8. The van der Waals surface area contributed by atoms with Crippen molar-refractivity contribution in [1.29, 1.82) is 0 Å². The van der Waals surface area contributed by atoms with Gasteiger partial charge in [0.25, 0.3) is 0 Å². The molecule has 3 aromatic rings. The maximum Gasteiger partial charge on any atom is 0.236 e. The molecule has 0 radical (unpaired) electrons. The van der Waals surface area contributed by atoms with Gasteiger partial charge in [-0.25, -0.2) is 9.37 Å². The molecule has 2 heterocycles. The van der Waals surface area contributed by atoms with Crippen molar-refractivity contribution in [2.75, 3.05) is 16.4 Å². The molecular weight excluding hydrogens is 432 g/mol. The first-order chi connectivity index (χ1) is 13.0. The van der Waals surface area contributed by atoms with Crippen molar-refractivity contribution >= 4 is 63.2 Å². The van der Waals surface area contributed by atoms with Crippen molar-refractivity contribution < 1.29 is 9.18 Å². The standard InChI is InChI=1S/C16H12Cl2FN5OS2/c17-10-5-12(18)14(20-7-10)22-13(25)8-26-16-24-23-15(27-16)21-6-9-1-3-11(19)4-2-9/h1-5,7H,6,8H2,(H,21,23)(H,20,22,25). The number of carbonyl (C=O) groups is 1. The maximum absolute atomic E-state index is 12.9. The van der Waals surface area contributed by atoms with Gasteiger partial charge in [0.2, 0.25) is 11.0 Å². The molecule has 0 aliphatic rings. The third kappa shape index (κ3) is 6.03. The molecule has 6 nitrogen and oxygen atoms in total. The van der Waals surface area contributed by atoms with E-state index in [1.807, 2.05) is 0 Å². The molecule has 1 aromatic carbocycles. The number of thioether (sulfide) groups is 1. The van der Waals surface area contributed by atoms with Crippen molar-refractivity contribution in [2.45, 2.75) is 10.9 Å². The molecule has 11 heteroatoms. The Morgan fingerprint density at radius 2 is 2.00 bits per heavy atom. The average Bonchev–Trinajstić information content (AvgIpc) is 3.10. The van der Waals surface area contributed by atoms with Crippen LogP contribution in [0.4, 0.5) is 15.3 Å². The monoisotopic (exact) mass is 443 g/mol. The molecular formula is C16H12Cl2FN5OS2. The van der Waals surface area contributed by atoms with Gasteiger partial charge in [0.05, 0.1) is 15.8 Å². The topological polar surface area (TPSA) is 79.8 Å². The number of amides is 1. The van der Waals surface area contributed by atoms with Crippen LogP contribution in [0.2, 0.25) is 10.0 Å². The maximum atomic E-state index is 12.9. The lowest BCUT2D eigenvalue weighted by atomic mass is 10.2. The van der Waals surface area contributed by atoms with Crippen LogP contribution in [0, 0.1) is 5.82 Å². The van der Waals surface area contributed by atoms with E-state index >= 15 is 0 Å². The fourth-order valence-electron chi connectivity index (χ4n) is 1.92. The van der Waals surface area contributed by atoms with E-state index in [-0.39, 0.29) is 28.3 Å². The Morgan fingerprint density at radius 1 is 1.22 bits per heavy atom. The molecule has 140 valence electrons. The van der Waals surface area contributed by atoms with Gasteiger partial charge < -0.3 is 10.6 Å². The molecule has 0 bridgehead atoms. The minimum Gasteiger partial charge on any atom is -0.356 e. The Bertz CT molecular complexity index is 939. The Kier molecular flexibility index (Phi) is 6.84. The summed E-state index contributed by atoms with van der Waals surface area (Å²) in [7, 11) is 0. The van der Waals surface area contributed by atoms with Gasteiger partial charge in [0, 0.05) is 12.7 Å². The number of pyridine rings is 1. The molecule has 2 aromatic heterocycles. The summed E-state index contributed by atoms with van der Waals surface area (Å²) in [5, 5.41) is 15.0. The molecule has 0 saturated carbocycles. The average molecular weight is 444 g/mol. The number of anilines is 2. The molecule has 0 saturated heterocycles. The molecule has 1 amide bonds. The summed E-state index contributed by atoms with van der Waals surface area (Å²) in [4.78, 5) is 16.0. The number of aromatic nitrogens is 3. The van der Waals surface area contributed by atoms with E-state index in [0.29, 0.717) is 21.0 Å². The van der Waals surface area contributed by atoms with Crippen LogP contribution in [-0.4, -0.2) is 26.8 Å². The SMILES string of the molecule is O=C(CSc1nnc(NCc2ccc(F)cc2)s1)Nc1ncc(Cl)cc1Cl. The molecule has 2 N–H and O–H groups in total. The first-order valence-electron chi connectivity index (χ1n) is 7.55. The second-order valence-electron chi connectivity index (χ2n) is 5.17. The number of nitrogens with one attached hydrogen (secondary N) is 2. The lowest BCUT2D eigenvalue weighted by Crippen LogP contribution is -2.15. The number of carbonyl (C=O) groups excluding carboxylic acids is 1. The Labute approximate surface area is 172 Å². The zero-order valence-corrected chi connectivity index (χ0v) is 16.7. The van der Waals surface area contributed by atoms with Gasteiger partial charge in [0.15, 0.2) is 10.2 Å². The summed E-state index contributed by atoms with van der Waals surface area (Å²) in [6.07, 6.45) is 1.40. The molecule has 0 spiro atoms. The number of rotatable bonds is 7. The Hall–Kier alpha value is -1.94. The summed E-state index contributed by atoms with van der Waals surface area (Å²) in [5.74, 6) is -0.159. The van der Waals surface area contributed by atoms with Crippen LogP contribution in [-0.2, 0) is 11.3 Å². The number of nitrogens with zero attached hydrogens (tertiary/aromatic N) is 3. The highest BCUT2D eigenvalue weighted by Gasteiger charge is 2.11. The predicted octanol–water partition coefficient (Wildman–Crippen LogP) is 4.72. The summed E-state index contributed by atoms with van der Waals surface area (Å²) < 4.78 is 13.5. The van der Waals surface area contributed by atoms with Gasteiger partial charge in [-0.3, -0.25) is 4.79 Å². The normalized spacial score (nSPS) is 10.6. The minimum absolute atomic E-state index is 0.132. The van der Waals surface area contributed by atoms with Crippen LogP contribution in [0.3, 0.4) is 0 Å². The molecule has 0 fully saturated rings. The minimum atomic E-state index is -0.276. The van der Waals surface area contributed by atoms with Crippen molar-refractivity contribution in [3.8, 4) is 0 Å². The highest BCUT2D eigenvalue weighted by Crippen LogP contribution is 2.27. The molecule has 0 atom stereocenters. The van der Waals surface area contributed by atoms with E-state index in [0.717, 1.165) is 5.56 Å². The van der Waals surface area contributed by atoms with Crippen LogP contribution in [0.5, 0.6) is 0 Å². The second kappa shape index (κ2) is 9.32. The first-order valence-corrected chi connectivity index (χ1v) is 10.1. The van der Waals surface area contributed by atoms with E-state index in [4.69, 9.17) is 23.2 Å². The van der Waals surface area contributed by atoms with Crippen LogP contribution < -0.4 is 10.6 Å². The molecule has 27 heavy (non-hydrogen) atoms. The van der Waals surface area contributed by atoms with Crippen LogP contribution in [0.25, 0.3) is 0 Å². The van der Waals surface area contributed by atoms with E-state index in [9.17, 15) is 9.18 Å². The lowest BCUT2D eigenvalue weighted by molar-refractivity contribution is -0.113. The van der Waals surface area contributed by atoms with Gasteiger partial charge >= 0.3 is 0 Å². The van der Waals surface area contributed by atoms with Gasteiger partial charge in [-0.2, -0.15) is 0 Å². The predicted molar refractivity (Wildman–Crippen MR) is 107 cm³/mol. The number of hydrogen-bond acceptors (Lipinski definition) is 7. The van der Waals surface area contributed by atoms with Gasteiger partial charge in [-0.05, 0) is 23.8 Å². The summed E-state index contributed by atoms with van der Waals surface area (Å²) >= 11 is 14.3. The van der Waals surface area contributed by atoms with E-state index in [2.05, 4.69) is 25.8 Å². The fraction of sp³-hybridized carbons (Fsp3) is 0.125. The quantitative estimate of drug-likeness (QED) is 0.514. The molecule has 0 aliphatic heterocycles. The number of halogens is 3. The van der Waals surface area contributed by atoms with Crippen LogP contribution in [0.1, 0.15) is 5.56 Å². The third-order valence-electron chi connectivity index (χ3n) is 3.16. The molecule has 3 rings (SSSR count). The lowest BCUT2D eigenvalue weighted by Gasteiger charge is -2.05. The van der Waals surface area contributed by atoms with E-state index in [1.165, 1.54) is 47.5 Å². The third-order valence-corrected chi connectivity index (χ3v) is 5.66. The summed E-state index contributed by atoms with van der Waals surface area (Å²) in [5.41, 5.74) is 0.924. The number of hydrogen-bond donors (Lipinski definition) is 2. The largest absolute Gasteiger partial charge is 0.356 e. The highest BCUT2D eigenvalue weighted by atomic mass is 35.5. The van der Waals surface area contributed by atoms with Crippen molar-refractivity contribution in [2.24, 2.45) is 0 Å². The van der Waals surface area contributed by atoms with Crippen molar-refractivity contribution in [3.05, 3.63) is 58.0 Å². The highest BCUT2D eigenvalue weighted by molar-refractivity contribution is 8.01. The molecule has 0 unspecified atom stereocenters. The summed E-state index contributed by atoms with van der Waals surface area (Å²) in [6.45, 7) is 0.501. The van der Waals surface area contributed by atoms with Gasteiger partial charge in [-0.15, -0.1) is 10.2 Å².